The molecule has 1 unspecified atom stereocenters. The van der Waals surface area contributed by atoms with Crippen molar-refractivity contribution in [3.05, 3.63) is 50.1 Å². The third-order valence-corrected chi connectivity index (χ3v) is 6.37. The topological polar surface area (TPSA) is 141 Å². The largest absolute Gasteiger partial charge is 0.530 e. The van der Waals surface area contributed by atoms with Gasteiger partial charge in [0, 0.05) is 11.8 Å². The number of ether oxygens (including phenoxy) is 2. The van der Waals surface area contributed by atoms with E-state index in [2.05, 4.69) is 4.98 Å². The number of benzene rings is 1. The zero-order valence-electron chi connectivity index (χ0n) is 19.0. The molecule has 1 fully saturated rings. The number of hydrogen-bond acceptors (Lipinski definition) is 10. The Morgan fingerprint density at radius 1 is 1.56 bits per heavy atom. The number of rotatable bonds is 5. The van der Waals surface area contributed by atoms with Crippen LogP contribution in [-0.2, 0) is 25.0 Å². The minimum atomic E-state index is -4.92. The average molecular weight is 514 g/mol. The molecule has 0 amide bonds. The van der Waals surface area contributed by atoms with E-state index in [1.54, 1.807) is 6.07 Å². The molecule has 5 atom stereocenters. The first-order valence-corrected chi connectivity index (χ1v) is 11.0. The van der Waals surface area contributed by atoms with Gasteiger partial charge in [0.2, 0.25) is 0 Å². The van der Waals surface area contributed by atoms with Gasteiger partial charge in [-0.1, -0.05) is 36.0 Å². The summed E-state index contributed by atoms with van der Waals surface area (Å²) in [4.78, 5) is 14.3. The molecule has 1 aromatic carbocycles. The maximum atomic E-state index is 15.9. The first-order chi connectivity index (χ1) is 16.2. The molecular weight excluding hydrogens is 494 g/mol. The molecule has 0 aliphatic carbocycles. The second-order valence-electron chi connectivity index (χ2n) is 6.54. The van der Waals surface area contributed by atoms with Crippen LogP contribution in [0.4, 0.5) is 4.39 Å². The van der Waals surface area contributed by atoms with Crippen LogP contribution in [0.15, 0.2) is 29.2 Å². The molecule has 3 heterocycles. The van der Waals surface area contributed by atoms with Crippen molar-refractivity contribution in [2.24, 2.45) is 0 Å². The number of para-hydroxylation sites is 1. The fraction of sp³-hybridized carbons (Fsp3) is 0.412. The molecule has 32 heavy (non-hydrogen) atoms. The number of halogens is 2. The number of fused-ring (bicyclic) bond motifs is 1. The third-order valence-electron chi connectivity index (χ3n) is 4.48. The third kappa shape index (κ3) is 4.11. The first-order valence-electron chi connectivity index (χ1n) is 10.3. The summed E-state index contributed by atoms with van der Waals surface area (Å²) in [6.07, 6.45) is -7.84. The summed E-state index contributed by atoms with van der Waals surface area (Å²) in [7, 11) is -3.64. The van der Waals surface area contributed by atoms with Crippen molar-refractivity contribution in [3.63, 3.8) is 0 Å². The van der Waals surface area contributed by atoms with Crippen molar-refractivity contribution < 1.29 is 46.3 Å². The Kier molecular flexibility index (Phi) is 5.22. The lowest BCUT2D eigenvalue weighted by Crippen LogP contribution is -2.43. The summed E-state index contributed by atoms with van der Waals surface area (Å²) >= 11 is 10.6. The summed E-state index contributed by atoms with van der Waals surface area (Å²) < 4.78 is 78.2. The van der Waals surface area contributed by atoms with Crippen molar-refractivity contribution in [1.82, 2.24) is 9.55 Å². The highest BCUT2D eigenvalue weighted by Gasteiger charge is 2.57. The Labute approximate surface area is 194 Å². The predicted octanol–water partition coefficient (Wildman–Crippen LogP) is 2.22. The number of nitrogens with zero attached hydrogens (tertiary/aromatic N) is 1. The second kappa shape index (κ2) is 8.50. The second-order valence-corrected chi connectivity index (χ2v) is 8.87. The predicted molar refractivity (Wildman–Crippen MR) is 109 cm³/mol. The van der Waals surface area contributed by atoms with Gasteiger partial charge in [-0.15, -0.1) is 0 Å². The number of nitrogens with one attached hydrogen (secondary N) is 1. The number of hydrogen-bond donors (Lipinski definition) is 3. The summed E-state index contributed by atoms with van der Waals surface area (Å²) in [5.41, 5.74) is -0.827. The van der Waals surface area contributed by atoms with Crippen LogP contribution in [0.3, 0.4) is 0 Å². The normalized spacial score (nSPS) is 35.8. The number of phosphoric ester groups is 1. The zero-order chi connectivity index (χ0) is 26.0. The molecule has 0 saturated carbocycles. The number of H-pyrrole nitrogens is 1. The van der Waals surface area contributed by atoms with Crippen molar-refractivity contribution in [3.8, 4) is 11.5 Å². The molecular formula is C17H17ClFN2O9PS. The highest BCUT2D eigenvalue weighted by molar-refractivity contribution is 7.71. The van der Waals surface area contributed by atoms with E-state index in [0.29, 0.717) is 5.56 Å². The number of alkyl halides is 1. The lowest BCUT2D eigenvalue weighted by atomic mass is 10.1. The molecule has 174 valence electrons. The van der Waals surface area contributed by atoms with Gasteiger partial charge in [0.1, 0.15) is 23.4 Å². The molecule has 4 rings (SSSR count). The Morgan fingerprint density at radius 2 is 2.31 bits per heavy atom. The van der Waals surface area contributed by atoms with Gasteiger partial charge in [-0.3, -0.25) is 18.6 Å². The summed E-state index contributed by atoms with van der Waals surface area (Å²) in [5.74, 6) is -4.09. The van der Waals surface area contributed by atoms with Crippen LogP contribution in [0.2, 0.25) is 5.02 Å². The Hall–Kier alpha value is -1.83. The first kappa shape index (κ1) is 19.6. The van der Waals surface area contributed by atoms with Gasteiger partial charge < -0.3 is 24.2 Å². The summed E-state index contributed by atoms with van der Waals surface area (Å²) in [6, 6.07) is 4.57. The highest BCUT2D eigenvalue weighted by atomic mass is 35.5. The van der Waals surface area contributed by atoms with Gasteiger partial charge in [0.25, 0.3) is 5.85 Å². The van der Waals surface area contributed by atoms with E-state index < -0.39 is 50.9 Å². The van der Waals surface area contributed by atoms with Crippen LogP contribution in [0, 0.1) is 4.64 Å². The average Bonchev–Trinajstić information content (AvgIpc) is 2.97. The molecule has 1 saturated heterocycles. The molecule has 15 heteroatoms. The number of aromatic nitrogens is 2. The summed E-state index contributed by atoms with van der Waals surface area (Å²) in [6.45, 7) is -4.27. The van der Waals surface area contributed by atoms with E-state index in [-0.39, 0.29) is 25.7 Å². The van der Waals surface area contributed by atoms with Crippen LogP contribution < -0.4 is 15.0 Å². The molecule has 0 bridgehead atoms. The lowest BCUT2D eigenvalue weighted by Gasteiger charge is -2.28. The number of methoxy groups -OCH3 is 1. The minimum absolute atomic E-state index is 0.0978. The zero-order valence-corrected chi connectivity index (χ0v) is 18.4. The SMILES string of the molecule is [2H]C([2H])(OP1(=O)OCc2cccc(OC)c2O1)[C@@]1(F)O[C@@]([2H])(n2cc(Cl)c(=S)[nH]c2=O)[C@H](O)[C@@H]1O. The number of aliphatic hydroxyl groups excluding tert-OH is 2. The van der Waals surface area contributed by atoms with Gasteiger partial charge in [-0.25, -0.2) is 13.8 Å². The van der Waals surface area contributed by atoms with Gasteiger partial charge in [0.15, 0.2) is 17.7 Å². The fourth-order valence-electron chi connectivity index (χ4n) is 2.88. The monoisotopic (exact) mass is 513 g/mol. The number of aromatic amines is 1. The van der Waals surface area contributed by atoms with Crippen molar-refractivity contribution >= 4 is 31.6 Å². The van der Waals surface area contributed by atoms with Gasteiger partial charge in [0.05, 0.1) is 22.9 Å². The van der Waals surface area contributed by atoms with Crippen LogP contribution in [0.1, 0.15) is 15.9 Å². The molecule has 2 aromatic rings. The van der Waals surface area contributed by atoms with Crippen LogP contribution >= 0.6 is 31.6 Å². The molecule has 2 aliphatic rings. The molecule has 11 nitrogen and oxygen atoms in total. The van der Waals surface area contributed by atoms with Crippen molar-refractivity contribution in [2.75, 3.05) is 13.7 Å². The molecule has 3 N–H and O–H groups in total. The smallest absolute Gasteiger partial charge is 0.493 e. The van der Waals surface area contributed by atoms with Crippen LogP contribution in [-0.4, -0.2) is 51.5 Å². The Bertz CT molecular complexity index is 1330. The molecule has 0 radical (unpaired) electrons. The quantitative estimate of drug-likeness (QED) is 0.402. The molecule has 2 aliphatic heterocycles. The lowest BCUT2D eigenvalue weighted by molar-refractivity contribution is -0.205. The van der Waals surface area contributed by atoms with Gasteiger partial charge in [-0.05, 0) is 6.07 Å². The fourth-order valence-corrected chi connectivity index (χ4v) is 4.28. The van der Waals surface area contributed by atoms with Crippen molar-refractivity contribution in [2.45, 2.75) is 30.9 Å². The molecule has 1 aromatic heterocycles. The van der Waals surface area contributed by atoms with E-state index in [1.165, 1.54) is 19.2 Å². The number of phosphoric acid groups is 1. The number of aliphatic hydroxyl groups is 2. The minimum Gasteiger partial charge on any atom is -0.493 e. The van der Waals surface area contributed by atoms with E-state index >= 15 is 4.39 Å². The maximum absolute atomic E-state index is 15.9. The van der Waals surface area contributed by atoms with Gasteiger partial charge in [-0.2, -0.15) is 0 Å². The summed E-state index contributed by atoms with van der Waals surface area (Å²) in [5, 5.41) is 20.5. The van der Waals surface area contributed by atoms with Gasteiger partial charge >= 0.3 is 13.5 Å². The van der Waals surface area contributed by atoms with E-state index in [4.69, 9.17) is 51.0 Å². The van der Waals surface area contributed by atoms with Crippen molar-refractivity contribution in [1.29, 1.82) is 0 Å². The highest BCUT2D eigenvalue weighted by Crippen LogP contribution is 2.57. The molecule has 0 spiro atoms. The Balaban J connectivity index is 1.69. The van der Waals surface area contributed by atoms with E-state index in [1.807, 2.05) is 0 Å². The van der Waals surface area contributed by atoms with E-state index in [0.717, 1.165) is 6.20 Å². The maximum Gasteiger partial charge on any atom is 0.530 e. The van der Waals surface area contributed by atoms with Crippen LogP contribution in [0.5, 0.6) is 11.5 Å². The Morgan fingerprint density at radius 3 is 3.03 bits per heavy atom. The van der Waals surface area contributed by atoms with E-state index in [9.17, 15) is 19.6 Å². The standard InChI is InChI=1S/C17H17ClFN2O9PS/c1-26-10-4-2-3-8-6-27-31(25,30-12(8)10)28-7-17(19)13(23)11(22)15(29-17)21-5-9(18)14(32)20-16(21)24/h2-5,11,13,15,22-23H,6-7H2,1H3,(H,20,24,32)/t11-,13+,15-,17-,31?/m1/s1/i7D2,15D. The van der Waals surface area contributed by atoms with Crippen LogP contribution in [0.25, 0.3) is 0 Å².